The van der Waals surface area contributed by atoms with E-state index in [0.29, 0.717) is 10.4 Å². The molecule has 21 heavy (non-hydrogen) atoms. The second-order valence-electron chi connectivity index (χ2n) is 4.26. The molecule has 10 heteroatoms. The van der Waals surface area contributed by atoms with Gasteiger partial charge in [-0.25, -0.2) is 0 Å². The molecule has 2 aromatic rings. The lowest BCUT2D eigenvalue weighted by Gasteiger charge is -2.06. The van der Waals surface area contributed by atoms with Gasteiger partial charge in [0.2, 0.25) is 0 Å². The summed E-state index contributed by atoms with van der Waals surface area (Å²) >= 11 is 5.62. The largest absolute Gasteiger partial charge is 0.434 e. The Balaban J connectivity index is 2.19. The molecule has 0 spiro atoms. The lowest BCUT2D eigenvalue weighted by Crippen LogP contribution is -2.24. The Hall–Kier alpha value is -2.03. The predicted molar refractivity (Wildman–Crippen MR) is 67.6 cm³/mol. The van der Waals surface area contributed by atoms with Gasteiger partial charge in [0, 0.05) is 20.3 Å². The minimum Gasteiger partial charge on any atom is -0.345 e. The average molecular weight is 322 g/mol. The fourth-order valence-electron chi connectivity index (χ4n) is 1.78. The third-order valence-corrected chi connectivity index (χ3v) is 3.18. The molecule has 0 atom stereocenters. The van der Waals surface area contributed by atoms with Crippen LogP contribution in [0, 0.1) is 0 Å². The monoisotopic (exact) mass is 321 g/mol. The van der Waals surface area contributed by atoms with E-state index in [2.05, 4.69) is 15.5 Å². The highest BCUT2D eigenvalue weighted by Gasteiger charge is 2.39. The minimum absolute atomic E-state index is 0.101. The number of aryl methyl sites for hydroxylation is 2. The zero-order chi connectivity index (χ0) is 15.8. The Morgan fingerprint density at radius 3 is 2.52 bits per heavy atom. The summed E-state index contributed by atoms with van der Waals surface area (Å²) in [6, 6.07) is 1.67. The van der Waals surface area contributed by atoms with Gasteiger partial charge in [-0.1, -0.05) is 11.6 Å². The van der Waals surface area contributed by atoms with E-state index in [1.807, 2.05) is 0 Å². The molecule has 0 saturated carbocycles. The smallest absolute Gasteiger partial charge is 0.345 e. The maximum Gasteiger partial charge on any atom is 0.434 e. The number of hydrogen-bond acceptors (Lipinski definition) is 3. The van der Waals surface area contributed by atoms with E-state index < -0.39 is 28.5 Å². The van der Waals surface area contributed by atoms with E-state index >= 15 is 0 Å². The number of hydrogen-bond donors (Lipinski definition) is 1. The molecule has 0 radical (unpaired) electrons. The molecular weight excluding hydrogens is 311 g/mol. The highest BCUT2D eigenvalue weighted by atomic mass is 35.5. The minimum atomic E-state index is -4.68. The Kier molecular flexibility index (Phi) is 3.95. The number of nitrogens with zero attached hydrogens (tertiary/aromatic N) is 4. The van der Waals surface area contributed by atoms with Gasteiger partial charge in [-0.3, -0.25) is 14.2 Å². The molecule has 0 aliphatic heterocycles. The molecule has 0 aliphatic rings. The third-order valence-electron chi connectivity index (χ3n) is 2.83. The van der Waals surface area contributed by atoms with Crippen molar-refractivity contribution in [3.63, 3.8) is 0 Å². The van der Waals surface area contributed by atoms with Crippen LogP contribution < -0.4 is 5.32 Å². The summed E-state index contributed by atoms with van der Waals surface area (Å²) in [5.74, 6) is -0.785. The molecule has 1 amide bonds. The first kappa shape index (κ1) is 15.4. The highest BCUT2D eigenvalue weighted by Crippen LogP contribution is 2.35. The van der Waals surface area contributed by atoms with E-state index in [9.17, 15) is 18.0 Å². The van der Waals surface area contributed by atoms with Crippen LogP contribution in [0.2, 0.25) is 5.02 Å². The standard InChI is InChI=1S/C11H11ClF3N5O/c1-19-6(3-4-17-19)5-16-10(21)8-7(12)9(11(13,14)15)20(2)18-8/h3-4H,5H2,1-2H3,(H,16,21). The van der Waals surface area contributed by atoms with Gasteiger partial charge < -0.3 is 5.32 Å². The molecule has 6 nitrogen and oxygen atoms in total. The van der Waals surface area contributed by atoms with Gasteiger partial charge in [-0.2, -0.15) is 23.4 Å². The van der Waals surface area contributed by atoms with Crippen LogP contribution in [-0.2, 0) is 26.8 Å². The van der Waals surface area contributed by atoms with E-state index in [-0.39, 0.29) is 6.54 Å². The Bertz CT molecular complexity index is 676. The van der Waals surface area contributed by atoms with Crippen LogP contribution in [0.15, 0.2) is 12.3 Å². The Labute approximate surface area is 122 Å². The second-order valence-corrected chi connectivity index (χ2v) is 4.64. The summed E-state index contributed by atoms with van der Waals surface area (Å²) in [6.45, 7) is 0.101. The van der Waals surface area contributed by atoms with Crippen molar-refractivity contribution in [2.75, 3.05) is 0 Å². The van der Waals surface area contributed by atoms with Crippen molar-refractivity contribution >= 4 is 17.5 Å². The summed E-state index contributed by atoms with van der Waals surface area (Å²) in [7, 11) is 2.75. The third kappa shape index (κ3) is 3.02. The lowest BCUT2D eigenvalue weighted by molar-refractivity contribution is -0.143. The quantitative estimate of drug-likeness (QED) is 0.937. The van der Waals surface area contributed by atoms with Crippen LogP contribution in [0.3, 0.4) is 0 Å². The maximum atomic E-state index is 12.8. The summed E-state index contributed by atoms with van der Waals surface area (Å²) in [6.07, 6.45) is -3.14. The molecule has 0 aromatic carbocycles. The van der Waals surface area contributed by atoms with Gasteiger partial charge in [-0.05, 0) is 6.07 Å². The van der Waals surface area contributed by atoms with E-state index in [0.717, 1.165) is 7.05 Å². The molecular formula is C11H11ClF3N5O. The van der Waals surface area contributed by atoms with Crippen LogP contribution in [0.5, 0.6) is 0 Å². The van der Waals surface area contributed by atoms with Gasteiger partial charge in [0.1, 0.15) is 5.02 Å². The fourth-order valence-corrected chi connectivity index (χ4v) is 2.13. The van der Waals surface area contributed by atoms with Gasteiger partial charge in [0.15, 0.2) is 11.4 Å². The zero-order valence-corrected chi connectivity index (χ0v) is 11.8. The number of carbonyl (C=O) groups excluding carboxylic acids is 1. The number of rotatable bonds is 3. The van der Waals surface area contributed by atoms with Gasteiger partial charge in [0.25, 0.3) is 5.91 Å². The number of nitrogens with one attached hydrogen (secondary N) is 1. The molecule has 0 bridgehead atoms. The molecule has 0 unspecified atom stereocenters. The van der Waals surface area contributed by atoms with Crippen LogP contribution in [0.1, 0.15) is 21.9 Å². The summed E-state index contributed by atoms with van der Waals surface area (Å²) < 4.78 is 40.4. The van der Waals surface area contributed by atoms with E-state index in [4.69, 9.17) is 11.6 Å². The van der Waals surface area contributed by atoms with Crippen molar-refractivity contribution in [3.8, 4) is 0 Å². The topological polar surface area (TPSA) is 64.7 Å². The van der Waals surface area contributed by atoms with Crippen molar-refractivity contribution in [2.45, 2.75) is 12.7 Å². The lowest BCUT2D eigenvalue weighted by atomic mass is 10.3. The SMILES string of the molecule is Cn1nccc1CNC(=O)c1nn(C)c(C(F)(F)F)c1Cl. The van der Waals surface area contributed by atoms with Crippen molar-refractivity contribution < 1.29 is 18.0 Å². The van der Waals surface area contributed by atoms with Crippen LogP contribution in [0.25, 0.3) is 0 Å². The number of carbonyl (C=O) groups is 1. The summed E-state index contributed by atoms with van der Waals surface area (Å²) in [5.41, 5.74) is -0.935. The molecule has 0 aliphatic carbocycles. The molecule has 2 heterocycles. The normalized spacial score (nSPS) is 11.7. The second kappa shape index (κ2) is 5.40. The van der Waals surface area contributed by atoms with Gasteiger partial charge in [-0.15, -0.1) is 0 Å². The van der Waals surface area contributed by atoms with Crippen molar-refractivity contribution in [1.82, 2.24) is 24.9 Å². The van der Waals surface area contributed by atoms with E-state index in [1.165, 1.54) is 10.9 Å². The highest BCUT2D eigenvalue weighted by molar-refractivity contribution is 6.34. The fraction of sp³-hybridized carbons (Fsp3) is 0.364. The van der Waals surface area contributed by atoms with Gasteiger partial charge >= 0.3 is 6.18 Å². The first-order valence-corrected chi connectivity index (χ1v) is 6.14. The number of amides is 1. The van der Waals surface area contributed by atoms with Crippen LogP contribution in [-0.4, -0.2) is 25.5 Å². The van der Waals surface area contributed by atoms with Crippen LogP contribution in [0.4, 0.5) is 13.2 Å². The number of aromatic nitrogens is 4. The predicted octanol–water partition coefficient (Wildman–Crippen LogP) is 1.76. The summed E-state index contributed by atoms with van der Waals surface area (Å²) in [5, 5.41) is 9.17. The Morgan fingerprint density at radius 2 is 2.05 bits per heavy atom. The molecule has 114 valence electrons. The molecule has 0 saturated heterocycles. The maximum absolute atomic E-state index is 12.8. The van der Waals surface area contributed by atoms with Crippen molar-refractivity contribution in [1.29, 1.82) is 0 Å². The molecule has 0 fully saturated rings. The molecule has 1 N–H and O–H groups in total. The number of alkyl halides is 3. The summed E-state index contributed by atoms with van der Waals surface area (Å²) in [4.78, 5) is 11.9. The zero-order valence-electron chi connectivity index (χ0n) is 11.1. The first-order chi connectivity index (χ1) is 9.71. The van der Waals surface area contributed by atoms with Gasteiger partial charge in [0.05, 0.1) is 12.2 Å². The van der Waals surface area contributed by atoms with Crippen molar-refractivity contribution in [3.05, 3.63) is 34.4 Å². The van der Waals surface area contributed by atoms with Crippen molar-refractivity contribution in [2.24, 2.45) is 14.1 Å². The average Bonchev–Trinajstić information content (AvgIpc) is 2.89. The Morgan fingerprint density at radius 1 is 1.38 bits per heavy atom. The van der Waals surface area contributed by atoms with E-state index in [1.54, 1.807) is 13.1 Å². The first-order valence-electron chi connectivity index (χ1n) is 5.76. The van der Waals surface area contributed by atoms with Crippen LogP contribution >= 0.6 is 11.6 Å². The molecule has 2 aromatic heterocycles. The molecule has 2 rings (SSSR count). The number of halogens is 4.